The van der Waals surface area contributed by atoms with E-state index >= 15 is 0 Å². The standard InChI is InChI=1S/C21H20N2O4S2/c24-18(14-8-3-1-4-9-14)22-20(28)26-16-12-7-13-17(16)27-21(29)23-19(25)15-10-5-2-6-11-15/h1-6,8-11,16-17H,7,12-13H2,(H,22,24,28)(H,23,25,29)/t16-,17-/m1/s1. The number of ether oxygens (including phenoxy) is 2. The maximum absolute atomic E-state index is 12.2. The van der Waals surface area contributed by atoms with Gasteiger partial charge < -0.3 is 9.47 Å². The molecule has 1 saturated carbocycles. The van der Waals surface area contributed by atoms with E-state index in [1.54, 1.807) is 48.5 Å². The molecule has 0 heterocycles. The Labute approximate surface area is 179 Å². The molecule has 0 bridgehead atoms. The minimum absolute atomic E-state index is 0.0152. The van der Waals surface area contributed by atoms with Crippen LogP contribution in [0.3, 0.4) is 0 Å². The lowest BCUT2D eigenvalue weighted by Gasteiger charge is -2.23. The van der Waals surface area contributed by atoms with Crippen molar-refractivity contribution in [2.24, 2.45) is 0 Å². The highest BCUT2D eigenvalue weighted by Gasteiger charge is 2.32. The van der Waals surface area contributed by atoms with Gasteiger partial charge in [0.2, 0.25) is 0 Å². The van der Waals surface area contributed by atoms with E-state index in [2.05, 4.69) is 10.6 Å². The van der Waals surface area contributed by atoms with Crippen LogP contribution in [-0.4, -0.2) is 34.4 Å². The monoisotopic (exact) mass is 428 g/mol. The Morgan fingerprint density at radius 2 is 1.10 bits per heavy atom. The minimum atomic E-state index is -0.356. The summed E-state index contributed by atoms with van der Waals surface area (Å²) in [4.78, 5) is 24.3. The Hall–Kier alpha value is -2.84. The molecule has 1 aliphatic carbocycles. The zero-order valence-corrected chi connectivity index (χ0v) is 17.1. The molecule has 150 valence electrons. The molecule has 2 aromatic rings. The van der Waals surface area contributed by atoms with E-state index in [0.29, 0.717) is 24.0 Å². The molecule has 0 radical (unpaired) electrons. The number of rotatable bonds is 4. The fraction of sp³-hybridized carbons (Fsp3) is 0.238. The second kappa shape index (κ2) is 10.1. The third kappa shape index (κ3) is 6.07. The summed E-state index contributed by atoms with van der Waals surface area (Å²) >= 11 is 10.3. The lowest BCUT2D eigenvalue weighted by molar-refractivity contribution is 0.0577. The minimum Gasteiger partial charge on any atom is -0.463 e. The lowest BCUT2D eigenvalue weighted by Crippen LogP contribution is -2.40. The highest BCUT2D eigenvalue weighted by Crippen LogP contribution is 2.25. The van der Waals surface area contributed by atoms with Crippen LogP contribution in [0.1, 0.15) is 40.0 Å². The predicted octanol–water partition coefficient (Wildman–Crippen LogP) is 3.37. The van der Waals surface area contributed by atoms with Gasteiger partial charge in [0.1, 0.15) is 12.2 Å². The van der Waals surface area contributed by atoms with Gasteiger partial charge in [0.15, 0.2) is 0 Å². The van der Waals surface area contributed by atoms with Gasteiger partial charge in [-0.2, -0.15) is 0 Å². The number of thiocarbonyl (C=S) groups is 2. The number of benzene rings is 2. The number of carbonyl (C=O) groups excluding carboxylic acids is 2. The topological polar surface area (TPSA) is 76.7 Å². The molecule has 6 nitrogen and oxygen atoms in total. The van der Waals surface area contributed by atoms with Gasteiger partial charge in [0.25, 0.3) is 22.2 Å². The predicted molar refractivity (Wildman–Crippen MR) is 117 cm³/mol. The first-order valence-electron chi connectivity index (χ1n) is 9.17. The lowest BCUT2D eigenvalue weighted by atomic mass is 10.2. The summed E-state index contributed by atoms with van der Waals surface area (Å²) in [5.41, 5.74) is 0.977. The van der Waals surface area contributed by atoms with Crippen molar-refractivity contribution in [3.05, 3.63) is 71.8 Å². The van der Waals surface area contributed by atoms with Gasteiger partial charge in [-0.25, -0.2) is 0 Å². The number of amides is 2. The van der Waals surface area contributed by atoms with Crippen LogP contribution in [0.4, 0.5) is 0 Å². The summed E-state index contributed by atoms with van der Waals surface area (Å²) in [7, 11) is 0. The second-order valence-electron chi connectivity index (χ2n) is 6.46. The van der Waals surface area contributed by atoms with E-state index in [-0.39, 0.29) is 34.4 Å². The smallest absolute Gasteiger partial charge is 0.264 e. The first kappa shape index (κ1) is 20.9. The van der Waals surface area contributed by atoms with Gasteiger partial charge in [-0.15, -0.1) is 0 Å². The van der Waals surface area contributed by atoms with E-state index in [1.165, 1.54) is 0 Å². The van der Waals surface area contributed by atoms with Gasteiger partial charge in [-0.3, -0.25) is 20.2 Å². The average Bonchev–Trinajstić information content (AvgIpc) is 3.15. The molecule has 3 rings (SSSR count). The van der Waals surface area contributed by atoms with E-state index in [1.807, 2.05) is 12.1 Å². The quantitative estimate of drug-likeness (QED) is 0.728. The number of hydrogen-bond acceptors (Lipinski definition) is 6. The van der Waals surface area contributed by atoms with Crippen molar-refractivity contribution >= 4 is 46.6 Å². The summed E-state index contributed by atoms with van der Waals surface area (Å²) < 4.78 is 11.4. The Kier molecular flexibility index (Phi) is 7.26. The average molecular weight is 429 g/mol. The number of carbonyl (C=O) groups is 2. The summed E-state index contributed by atoms with van der Waals surface area (Å²) in [6, 6.07) is 17.5. The molecule has 2 atom stereocenters. The third-order valence-corrected chi connectivity index (χ3v) is 4.81. The van der Waals surface area contributed by atoms with Gasteiger partial charge >= 0.3 is 0 Å². The Balaban J connectivity index is 1.49. The Morgan fingerprint density at radius 3 is 1.48 bits per heavy atom. The van der Waals surface area contributed by atoms with Crippen LogP contribution in [0.15, 0.2) is 60.7 Å². The van der Waals surface area contributed by atoms with Crippen LogP contribution in [0.25, 0.3) is 0 Å². The number of hydrogen-bond donors (Lipinski definition) is 2. The normalized spacial score (nSPS) is 17.8. The zero-order chi connectivity index (χ0) is 20.6. The summed E-state index contributed by atoms with van der Waals surface area (Å²) in [6.07, 6.45) is 1.57. The second-order valence-corrected chi connectivity index (χ2v) is 7.20. The van der Waals surface area contributed by atoms with Crippen molar-refractivity contribution in [1.82, 2.24) is 10.6 Å². The largest absolute Gasteiger partial charge is 0.463 e. The fourth-order valence-electron chi connectivity index (χ4n) is 3.00. The molecular formula is C21H20N2O4S2. The molecule has 1 aliphatic rings. The molecule has 1 fully saturated rings. The van der Waals surface area contributed by atoms with Crippen LogP contribution >= 0.6 is 24.4 Å². The first-order valence-corrected chi connectivity index (χ1v) is 9.98. The Morgan fingerprint density at radius 1 is 0.724 bits per heavy atom. The van der Waals surface area contributed by atoms with Crippen molar-refractivity contribution in [2.45, 2.75) is 31.5 Å². The fourth-order valence-corrected chi connectivity index (χ4v) is 3.44. The molecule has 0 unspecified atom stereocenters. The van der Waals surface area contributed by atoms with Crippen LogP contribution in [-0.2, 0) is 9.47 Å². The number of nitrogens with one attached hydrogen (secondary N) is 2. The SMILES string of the molecule is O=C(NC(=S)O[C@@H]1CCC[C@H]1OC(=S)NC(=O)c1ccccc1)c1ccccc1. The van der Waals surface area contributed by atoms with Crippen molar-refractivity contribution in [3.63, 3.8) is 0 Å². The van der Waals surface area contributed by atoms with Gasteiger partial charge in [0, 0.05) is 11.1 Å². The summed E-state index contributed by atoms with van der Waals surface area (Å²) in [5.74, 6) is -0.673. The molecule has 0 aromatic heterocycles. The molecule has 2 N–H and O–H groups in total. The summed E-state index contributed by atoms with van der Waals surface area (Å²) in [5, 5.41) is 5.10. The van der Waals surface area contributed by atoms with E-state index in [9.17, 15) is 9.59 Å². The third-order valence-electron chi connectivity index (χ3n) is 4.41. The van der Waals surface area contributed by atoms with Crippen molar-refractivity contribution in [1.29, 1.82) is 0 Å². The molecule has 0 aliphatic heterocycles. The molecule has 0 spiro atoms. The Bertz CT molecular complexity index is 817. The van der Waals surface area contributed by atoms with Crippen LogP contribution in [0.2, 0.25) is 0 Å². The maximum Gasteiger partial charge on any atom is 0.264 e. The zero-order valence-electron chi connectivity index (χ0n) is 15.5. The van der Waals surface area contributed by atoms with Gasteiger partial charge in [-0.1, -0.05) is 36.4 Å². The van der Waals surface area contributed by atoms with Crippen molar-refractivity contribution < 1.29 is 19.1 Å². The molecule has 8 heteroatoms. The van der Waals surface area contributed by atoms with Crippen LogP contribution in [0.5, 0.6) is 0 Å². The summed E-state index contributed by atoms with van der Waals surface area (Å²) in [6.45, 7) is 0. The van der Waals surface area contributed by atoms with E-state index < -0.39 is 0 Å². The molecule has 2 aromatic carbocycles. The van der Waals surface area contributed by atoms with E-state index in [4.69, 9.17) is 33.9 Å². The first-order chi connectivity index (χ1) is 14.0. The molecule has 2 amide bonds. The molecule has 29 heavy (non-hydrogen) atoms. The molecule has 0 saturated heterocycles. The van der Waals surface area contributed by atoms with Crippen LogP contribution in [0, 0.1) is 0 Å². The highest BCUT2D eigenvalue weighted by molar-refractivity contribution is 7.80. The van der Waals surface area contributed by atoms with Crippen molar-refractivity contribution in [2.75, 3.05) is 0 Å². The highest BCUT2D eigenvalue weighted by atomic mass is 32.1. The van der Waals surface area contributed by atoms with E-state index in [0.717, 1.165) is 6.42 Å². The van der Waals surface area contributed by atoms with Gasteiger partial charge in [0.05, 0.1) is 0 Å². The molecular weight excluding hydrogens is 408 g/mol. The van der Waals surface area contributed by atoms with Crippen LogP contribution < -0.4 is 10.6 Å². The van der Waals surface area contributed by atoms with Crippen molar-refractivity contribution in [3.8, 4) is 0 Å². The van der Waals surface area contributed by atoms with Gasteiger partial charge in [-0.05, 0) is 68.0 Å². The maximum atomic E-state index is 12.2.